The second-order valence-corrected chi connectivity index (χ2v) is 10.9. The Morgan fingerprint density at radius 3 is 1.56 bits per heavy atom. The fourth-order valence-corrected chi connectivity index (χ4v) is 5.75. The smallest absolute Gasteiger partial charge is 0.164 e. The van der Waals surface area contributed by atoms with E-state index >= 15 is 0 Å². The predicted molar refractivity (Wildman–Crippen MR) is 164 cm³/mol. The summed E-state index contributed by atoms with van der Waals surface area (Å²) in [5.74, 6) is 1.94. The van der Waals surface area contributed by atoms with Gasteiger partial charge < -0.3 is 0 Å². The number of hydrogen-bond acceptors (Lipinski definition) is 4. The number of fused-ring (bicyclic) bond motifs is 3. The topological polar surface area (TPSA) is 62.5 Å². The summed E-state index contributed by atoms with van der Waals surface area (Å²) < 4.78 is 0. The lowest BCUT2D eigenvalue weighted by Crippen LogP contribution is -2.15. The molecule has 1 aliphatic rings. The van der Waals surface area contributed by atoms with E-state index in [0.29, 0.717) is 23.0 Å². The molecular formula is C37H26N4. The van der Waals surface area contributed by atoms with Gasteiger partial charge in [0.1, 0.15) is 0 Å². The molecule has 0 fully saturated rings. The molecule has 1 heterocycles. The van der Waals surface area contributed by atoms with Crippen molar-refractivity contribution in [3.63, 3.8) is 0 Å². The quantitative estimate of drug-likeness (QED) is 0.230. The summed E-state index contributed by atoms with van der Waals surface area (Å²) in [5, 5.41) is 9.43. The van der Waals surface area contributed by atoms with Crippen LogP contribution in [0.15, 0.2) is 121 Å². The van der Waals surface area contributed by atoms with Gasteiger partial charge in [0.15, 0.2) is 17.5 Å². The minimum Gasteiger partial charge on any atom is -0.208 e. The largest absolute Gasteiger partial charge is 0.208 e. The highest BCUT2D eigenvalue weighted by Gasteiger charge is 2.35. The Labute approximate surface area is 239 Å². The highest BCUT2D eigenvalue weighted by atomic mass is 15.0. The lowest BCUT2D eigenvalue weighted by Gasteiger charge is -2.22. The zero-order chi connectivity index (χ0) is 28.0. The molecule has 6 aromatic rings. The van der Waals surface area contributed by atoms with Gasteiger partial charge in [0.05, 0.1) is 11.6 Å². The Kier molecular flexibility index (Phi) is 5.80. The van der Waals surface area contributed by atoms with Crippen LogP contribution in [0.5, 0.6) is 0 Å². The Balaban J connectivity index is 1.27. The van der Waals surface area contributed by atoms with Gasteiger partial charge in [-0.2, -0.15) is 5.26 Å². The van der Waals surface area contributed by atoms with Gasteiger partial charge in [-0.1, -0.05) is 117 Å². The Hall–Kier alpha value is -5.40. The summed E-state index contributed by atoms with van der Waals surface area (Å²) in [7, 11) is 0. The normalized spacial score (nSPS) is 12.8. The number of hydrogen-bond donors (Lipinski definition) is 0. The summed E-state index contributed by atoms with van der Waals surface area (Å²) >= 11 is 0. The van der Waals surface area contributed by atoms with Gasteiger partial charge in [-0.15, -0.1) is 0 Å². The molecule has 0 radical (unpaired) electrons. The van der Waals surface area contributed by atoms with Crippen LogP contribution in [-0.2, 0) is 5.41 Å². The first-order chi connectivity index (χ1) is 20.0. The Morgan fingerprint density at radius 2 is 1.00 bits per heavy atom. The van der Waals surface area contributed by atoms with Crippen molar-refractivity contribution in [2.45, 2.75) is 19.3 Å². The van der Waals surface area contributed by atoms with Gasteiger partial charge >= 0.3 is 0 Å². The van der Waals surface area contributed by atoms with Crippen LogP contribution in [0.2, 0.25) is 0 Å². The van der Waals surface area contributed by atoms with E-state index in [9.17, 15) is 5.26 Å². The van der Waals surface area contributed by atoms with Crippen molar-refractivity contribution in [3.8, 4) is 62.5 Å². The van der Waals surface area contributed by atoms with Crippen LogP contribution >= 0.6 is 0 Å². The maximum atomic E-state index is 9.43. The van der Waals surface area contributed by atoms with Crippen molar-refractivity contribution < 1.29 is 0 Å². The molecule has 194 valence electrons. The van der Waals surface area contributed by atoms with Crippen LogP contribution in [-0.4, -0.2) is 15.0 Å². The molecule has 41 heavy (non-hydrogen) atoms. The van der Waals surface area contributed by atoms with E-state index < -0.39 is 0 Å². The van der Waals surface area contributed by atoms with Crippen molar-refractivity contribution in [1.82, 2.24) is 15.0 Å². The van der Waals surface area contributed by atoms with Crippen molar-refractivity contribution in [3.05, 3.63) is 138 Å². The van der Waals surface area contributed by atoms with Crippen molar-refractivity contribution in [2.75, 3.05) is 0 Å². The molecule has 4 heteroatoms. The third-order valence-electron chi connectivity index (χ3n) is 7.98. The summed E-state index contributed by atoms with van der Waals surface area (Å²) in [6, 6.07) is 43.4. The third-order valence-corrected chi connectivity index (χ3v) is 7.98. The minimum absolute atomic E-state index is 0.138. The number of nitriles is 1. The second kappa shape index (κ2) is 9.66. The molecule has 7 rings (SSSR count). The first-order valence-electron chi connectivity index (χ1n) is 13.7. The number of benzene rings is 5. The average Bonchev–Trinajstić information content (AvgIpc) is 3.27. The molecule has 1 aliphatic carbocycles. The third kappa shape index (κ3) is 4.29. The van der Waals surface area contributed by atoms with Gasteiger partial charge in [0, 0.05) is 22.1 Å². The van der Waals surface area contributed by atoms with Gasteiger partial charge in [-0.3, -0.25) is 0 Å². The summed E-state index contributed by atoms with van der Waals surface area (Å²) in [6.45, 7) is 4.51. The van der Waals surface area contributed by atoms with Crippen molar-refractivity contribution in [1.29, 1.82) is 5.26 Å². The lowest BCUT2D eigenvalue weighted by atomic mass is 9.81. The summed E-state index contributed by atoms with van der Waals surface area (Å²) in [4.78, 5) is 14.5. The zero-order valence-corrected chi connectivity index (χ0v) is 22.8. The maximum absolute atomic E-state index is 9.43. The highest BCUT2D eigenvalue weighted by Crippen LogP contribution is 2.49. The molecule has 5 aromatic carbocycles. The average molecular weight is 527 g/mol. The van der Waals surface area contributed by atoms with E-state index in [1.54, 1.807) is 0 Å². The Bertz CT molecular complexity index is 1890. The van der Waals surface area contributed by atoms with E-state index in [1.165, 1.54) is 16.7 Å². The molecule has 0 saturated carbocycles. The lowest BCUT2D eigenvalue weighted by molar-refractivity contribution is 0.660. The Morgan fingerprint density at radius 1 is 0.488 bits per heavy atom. The fraction of sp³-hybridized carbons (Fsp3) is 0.0811. The minimum atomic E-state index is -0.138. The standard InChI is InChI=1S/C37H26N4/c1-37(2)32-20-13-24(23-38)21-31(32)30-19-18-29(22-33(30)37)25-14-16-28(17-15-25)36-40-34(26-9-5-3-6-10-26)39-35(41-36)27-11-7-4-8-12-27/h3-22H,1-2H3. The summed E-state index contributed by atoms with van der Waals surface area (Å²) in [5.41, 5.74) is 10.6. The van der Waals surface area contributed by atoms with Crippen LogP contribution in [0, 0.1) is 11.3 Å². The van der Waals surface area contributed by atoms with Crippen molar-refractivity contribution >= 4 is 0 Å². The zero-order valence-electron chi connectivity index (χ0n) is 22.8. The van der Waals surface area contributed by atoms with Crippen LogP contribution in [0.3, 0.4) is 0 Å². The molecule has 0 unspecified atom stereocenters. The molecule has 0 atom stereocenters. The summed E-state index contributed by atoms with van der Waals surface area (Å²) in [6.07, 6.45) is 0. The van der Waals surface area contributed by atoms with E-state index in [1.807, 2.05) is 72.8 Å². The first-order valence-corrected chi connectivity index (χ1v) is 13.7. The predicted octanol–water partition coefficient (Wildman–Crippen LogP) is 8.72. The maximum Gasteiger partial charge on any atom is 0.164 e. The van der Waals surface area contributed by atoms with E-state index in [-0.39, 0.29) is 5.41 Å². The van der Waals surface area contributed by atoms with Gasteiger partial charge in [-0.05, 0) is 51.6 Å². The number of nitrogens with zero attached hydrogens (tertiary/aromatic N) is 4. The second-order valence-electron chi connectivity index (χ2n) is 10.9. The van der Waals surface area contributed by atoms with Crippen LogP contribution in [0.25, 0.3) is 56.4 Å². The SMILES string of the molecule is CC1(C)c2ccc(C#N)cc2-c2ccc(-c3ccc(-c4nc(-c5ccccc5)nc(-c5ccccc5)n4)cc3)cc21. The fourth-order valence-electron chi connectivity index (χ4n) is 5.75. The molecule has 0 saturated heterocycles. The van der Waals surface area contributed by atoms with Gasteiger partial charge in [0.2, 0.25) is 0 Å². The van der Waals surface area contributed by atoms with Crippen molar-refractivity contribution in [2.24, 2.45) is 0 Å². The molecule has 0 N–H and O–H groups in total. The van der Waals surface area contributed by atoms with E-state index in [2.05, 4.69) is 68.4 Å². The first kappa shape index (κ1) is 24.6. The molecule has 4 nitrogen and oxygen atoms in total. The van der Waals surface area contributed by atoms with Crippen LogP contribution in [0.4, 0.5) is 0 Å². The molecule has 0 bridgehead atoms. The van der Waals surface area contributed by atoms with Crippen LogP contribution < -0.4 is 0 Å². The van der Waals surface area contributed by atoms with E-state index in [0.717, 1.165) is 33.4 Å². The monoisotopic (exact) mass is 526 g/mol. The van der Waals surface area contributed by atoms with Gasteiger partial charge in [0.25, 0.3) is 0 Å². The number of aromatic nitrogens is 3. The van der Waals surface area contributed by atoms with Gasteiger partial charge in [-0.25, -0.2) is 15.0 Å². The molecule has 0 aliphatic heterocycles. The molecular weight excluding hydrogens is 500 g/mol. The molecule has 0 spiro atoms. The molecule has 1 aromatic heterocycles. The highest BCUT2D eigenvalue weighted by molar-refractivity contribution is 5.84. The van der Waals surface area contributed by atoms with Crippen LogP contribution in [0.1, 0.15) is 30.5 Å². The van der Waals surface area contributed by atoms with E-state index in [4.69, 9.17) is 15.0 Å². The number of rotatable bonds is 4. The molecule has 0 amide bonds.